The zero-order valence-electron chi connectivity index (χ0n) is 12.8. The molecule has 0 aliphatic rings. The summed E-state index contributed by atoms with van der Waals surface area (Å²) in [4.78, 5) is 11.9. The molecule has 1 aromatic carbocycles. The second-order valence-corrected chi connectivity index (χ2v) is 6.46. The second-order valence-electron chi connectivity index (χ2n) is 5.38. The van der Waals surface area contributed by atoms with Gasteiger partial charge in [0.15, 0.2) is 0 Å². The van der Waals surface area contributed by atoms with E-state index in [2.05, 4.69) is 5.10 Å². The molecule has 0 aliphatic carbocycles. The highest BCUT2D eigenvalue weighted by molar-refractivity contribution is 7.17. The first-order valence-corrected chi connectivity index (χ1v) is 8.18. The van der Waals surface area contributed by atoms with E-state index in [1.807, 2.05) is 0 Å². The summed E-state index contributed by atoms with van der Waals surface area (Å²) in [6.07, 6.45) is -2.02. The molecule has 2 heterocycles. The Kier molecular flexibility index (Phi) is 4.63. The second kappa shape index (κ2) is 6.72. The van der Waals surface area contributed by atoms with Gasteiger partial charge >= 0.3 is 12.1 Å². The normalized spacial score (nSPS) is 11.6. The Morgan fingerprint density at radius 3 is 2.44 bits per heavy atom. The SMILES string of the molecule is O=C(O)c1ccc(-c2ccn(CCc3ccc(C(F)(F)F)cc3)n2)s1. The van der Waals surface area contributed by atoms with Gasteiger partial charge in [-0.3, -0.25) is 4.68 Å². The third-order valence-electron chi connectivity index (χ3n) is 3.62. The molecule has 0 amide bonds. The van der Waals surface area contributed by atoms with Crippen LogP contribution in [0.4, 0.5) is 13.2 Å². The van der Waals surface area contributed by atoms with Crippen LogP contribution in [-0.2, 0) is 19.1 Å². The lowest BCUT2D eigenvalue weighted by Gasteiger charge is -2.07. The molecule has 4 nitrogen and oxygen atoms in total. The molecule has 0 fully saturated rings. The van der Waals surface area contributed by atoms with Gasteiger partial charge in [-0.05, 0) is 42.3 Å². The number of carboxylic acids is 1. The summed E-state index contributed by atoms with van der Waals surface area (Å²) in [6, 6.07) is 10.1. The number of aryl methyl sites for hydroxylation is 2. The maximum atomic E-state index is 12.5. The topological polar surface area (TPSA) is 55.1 Å². The summed E-state index contributed by atoms with van der Waals surface area (Å²) in [5, 5.41) is 13.3. The van der Waals surface area contributed by atoms with E-state index in [0.717, 1.165) is 33.9 Å². The van der Waals surface area contributed by atoms with Crippen molar-refractivity contribution < 1.29 is 23.1 Å². The number of hydrogen-bond acceptors (Lipinski definition) is 3. The highest BCUT2D eigenvalue weighted by atomic mass is 32.1. The fourth-order valence-corrected chi connectivity index (χ4v) is 3.12. The number of benzene rings is 1. The Labute approximate surface area is 145 Å². The van der Waals surface area contributed by atoms with Gasteiger partial charge in [0.2, 0.25) is 0 Å². The first-order chi connectivity index (χ1) is 11.8. The van der Waals surface area contributed by atoms with E-state index < -0.39 is 17.7 Å². The van der Waals surface area contributed by atoms with Crippen LogP contribution in [0.5, 0.6) is 0 Å². The molecule has 130 valence electrons. The summed E-state index contributed by atoms with van der Waals surface area (Å²) in [5.41, 5.74) is 0.795. The molecule has 0 unspecified atom stereocenters. The predicted octanol–water partition coefficient (Wildman–Crippen LogP) is 4.57. The lowest BCUT2D eigenvalue weighted by molar-refractivity contribution is -0.137. The zero-order valence-corrected chi connectivity index (χ0v) is 13.6. The van der Waals surface area contributed by atoms with Gasteiger partial charge in [0.1, 0.15) is 10.6 Å². The Hall–Kier alpha value is -2.61. The Morgan fingerprint density at radius 1 is 1.12 bits per heavy atom. The number of carbonyl (C=O) groups is 1. The van der Waals surface area contributed by atoms with E-state index in [0.29, 0.717) is 18.7 Å². The lowest BCUT2D eigenvalue weighted by atomic mass is 10.1. The van der Waals surface area contributed by atoms with Crippen LogP contribution >= 0.6 is 11.3 Å². The van der Waals surface area contributed by atoms with E-state index in [4.69, 9.17) is 5.11 Å². The molecule has 25 heavy (non-hydrogen) atoms. The summed E-state index contributed by atoms with van der Waals surface area (Å²) in [5.74, 6) is -0.974. The van der Waals surface area contributed by atoms with Gasteiger partial charge in [-0.15, -0.1) is 11.3 Å². The summed E-state index contributed by atoms with van der Waals surface area (Å²) in [7, 11) is 0. The van der Waals surface area contributed by atoms with Crippen molar-refractivity contribution in [1.29, 1.82) is 0 Å². The van der Waals surface area contributed by atoms with Crippen LogP contribution in [0.2, 0.25) is 0 Å². The molecule has 0 spiro atoms. The number of aromatic carboxylic acids is 1. The van der Waals surface area contributed by atoms with Gasteiger partial charge in [-0.25, -0.2) is 4.79 Å². The highest BCUT2D eigenvalue weighted by Crippen LogP contribution is 2.29. The molecule has 8 heteroatoms. The third kappa shape index (κ3) is 4.08. The van der Waals surface area contributed by atoms with Crippen molar-refractivity contribution in [2.45, 2.75) is 19.1 Å². The van der Waals surface area contributed by atoms with Crippen molar-refractivity contribution in [2.24, 2.45) is 0 Å². The van der Waals surface area contributed by atoms with Crippen molar-refractivity contribution in [1.82, 2.24) is 9.78 Å². The van der Waals surface area contributed by atoms with Crippen molar-refractivity contribution >= 4 is 17.3 Å². The minimum atomic E-state index is -4.33. The number of nitrogens with zero attached hydrogens (tertiary/aromatic N) is 2. The number of aromatic nitrogens is 2. The van der Waals surface area contributed by atoms with Gasteiger partial charge in [0, 0.05) is 12.7 Å². The molecule has 0 saturated heterocycles. The van der Waals surface area contributed by atoms with Gasteiger partial charge in [-0.1, -0.05) is 12.1 Å². The van der Waals surface area contributed by atoms with Crippen LogP contribution in [0.25, 0.3) is 10.6 Å². The van der Waals surface area contributed by atoms with E-state index in [1.165, 1.54) is 18.2 Å². The molecule has 0 bridgehead atoms. The van der Waals surface area contributed by atoms with Crippen LogP contribution in [0.1, 0.15) is 20.8 Å². The van der Waals surface area contributed by atoms with E-state index in [-0.39, 0.29) is 4.88 Å². The Morgan fingerprint density at radius 2 is 1.84 bits per heavy atom. The van der Waals surface area contributed by atoms with Gasteiger partial charge < -0.3 is 5.11 Å². The van der Waals surface area contributed by atoms with E-state index in [9.17, 15) is 18.0 Å². The Bertz CT molecular complexity index is 882. The molecule has 3 rings (SSSR count). The molecule has 0 aliphatic heterocycles. The number of alkyl halides is 3. The fraction of sp³-hybridized carbons (Fsp3) is 0.176. The van der Waals surface area contributed by atoms with E-state index in [1.54, 1.807) is 23.0 Å². The van der Waals surface area contributed by atoms with Crippen molar-refractivity contribution in [3.8, 4) is 10.6 Å². The smallest absolute Gasteiger partial charge is 0.416 e. The Balaban J connectivity index is 1.64. The minimum absolute atomic E-state index is 0.245. The van der Waals surface area contributed by atoms with E-state index >= 15 is 0 Å². The van der Waals surface area contributed by atoms with Gasteiger partial charge in [0.05, 0.1) is 10.4 Å². The lowest BCUT2D eigenvalue weighted by Crippen LogP contribution is -2.05. The number of hydrogen-bond donors (Lipinski definition) is 1. The number of thiophene rings is 1. The highest BCUT2D eigenvalue weighted by Gasteiger charge is 2.29. The average molecular weight is 366 g/mol. The van der Waals surface area contributed by atoms with Crippen LogP contribution < -0.4 is 0 Å². The van der Waals surface area contributed by atoms with Crippen LogP contribution in [0.15, 0.2) is 48.7 Å². The summed E-state index contributed by atoms with van der Waals surface area (Å²) >= 11 is 1.14. The zero-order chi connectivity index (χ0) is 18.0. The van der Waals surface area contributed by atoms with Crippen molar-refractivity contribution in [3.63, 3.8) is 0 Å². The number of carboxylic acid groups (broad SMARTS) is 1. The van der Waals surface area contributed by atoms with Gasteiger partial charge in [-0.2, -0.15) is 18.3 Å². The first-order valence-electron chi connectivity index (χ1n) is 7.36. The van der Waals surface area contributed by atoms with Crippen molar-refractivity contribution in [2.75, 3.05) is 0 Å². The largest absolute Gasteiger partial charge is 0.477 e. The predicted molar refractivity (Wildman–Crippen MR) is 87.6 cm³/mol. The van der Waals surface area contributed by atoms with Crippen molar-refractivity contribution in [3.05, 3.63) is 64.7 Å². The quantitative estimate of drug-likeness (QED) is 0.720. The number of rotatable bonds is 5. The maximum absolute atomic E-state index is 12.5. The van der Waals surface area contributed by atoms with Gasteiger partial charge in [0.25, 0.3) is 0 Å². The molecular weight excluding hydrogens is 353 g/mol. The molecule has 3 aromatic rings. The van der Waals surface area contributed by atoms with Crippen LogP contribution in [0, 0.1) is 0 Å². The third-order valence-corrected chi connectivity index (χ3v) is 4.72. The monoisotopic (exact) mass is 366 g/mol. The standard InChI is InChI=1S/C17H13F3N2O2S/c18-17(19,20)12-3-1-11(2-4-12)7-9-22-10-8-13(21-22)14-5-6-15(25-14)16(23)24/h1-6,8,10H,7,9H2,(H,23,24). The molecular formula is C17H13F3N2O2S. The van der Waals surface area contributed by atoms with Crippen LogP contribution in [-0.4, -0.2) is 20.9 Å². The van der Waals surface area contributed by atoms with Crippen LogP contribution in [0.3, 0.4) is 0 Å². The summed E-state index contributed by atoms with van der Waals surface area (Å²) < 4.78 is 39.3. The molecule has 2 aromatic heterocycles. The molecule has 0 saturated carbocycles. The molecule has 0 radical (unpaired) electrons. The molecule has 0 atom stereocenters. The fourth-order valence-electron chi connectivity index (χ4n) is 2.31. The number of halogens is 3. The minimum Gasteiger partial charge on any atom is -0.477 e. The summed E-state index contributed by atoms with van der Waals surface area (Å²) in [6.45, 7) is 0.516. The maximum Gasteiger partial charge on any atom is 0.416 e. The first kappa shape index (κ1) is 17.2. The average Bonchev–Trinajstić information content (AvgIpc) is 3.21. The molecule has 1 N–H and O–H groups in total.